The number of nitrogens with zero attached hydrogens (tertiary/aromatic N) is 2. The smallest absolute Gasteiger partial charge is 0.254 e. The van der Waals surface area contributed by atoms with Crippen LogP contribution >= 0.6 is 0 Å². The van der Waals surface area contributed by atoms with Gasteiger partial charge in [-0.15, -0.1) is 0 Å². The molecule has 3 aromatic rings. The molecule has 0 aliphatic heterocycles. The van der Waals surface area contributed by atoms with Crippen molar-refractivity contribution in [3.8, 4) is 22.9 Å². The quantitative estimate of drug-likeness (QED) is 0.658. The van der Waals surface area contributed by atoms with Crippen molar-refractivity contribution in [1.29, 1.82) is 0 Å². The molecule has 1 unspecified atom stereocenters. The molecule has 152 valence electrons. The van der Waals surface area contributed by atoms with E-state index in [0.29, 0.717) is 28.6 Å². The maximum atomic E-state index is 12.0. The van der Waals surface area contributed by atoms with Gasteiger partial charge in [0.15, 0.2) is 11.5 Å². The Kier molecular flexibility index (Phi) is 5.87. The van der Waals surface area contributed by atoms with E-state index in [9.17, 15) is 4.79 Å². The number of H-pyrrole nitrogens is 1. The van der Waals surface area contributed by atoms with Gasteiger partial charge in [0.25, 0.3) is 5.56 Å². The Morgan fingerprint density at radius 1 is 1.07 bits per heavy atom. The van der Waals surface area contributed by atoms with Crippen LogP contribution in [0.4, 0.5) is 5.82 Å². The molecular formula is C22H26N4O3. The van der Waals surface area contributed by atoms with Crippen LogP contribution in [0.25, 0.3) is 11.4 Å². The van der Waals surface area contributed by atoms with Gasteiger partial charge in [-0.2, -0.15) is 0 Å². The van der Waals surface area contributed by atoms with Gasteiger partial charge in [-0.05, 0) is 63.1 Å². The van der Waals surface area contributed by atoms with Crippen LogP contribution in [0.5, 0.6) is 11.5 Å². The second-order valence-electron chi connectivity index (χ2n) is 6.99. The largest absolute Gasteiger partial charge is 0.493 e. The summed E-state index contributed by atoms with van der Waals surface area (Å²) in [7, 11) is 3.25. The number of hydrogen-bond acceptors (Lipinski definition) is 6. The lowest BCUT2D eigenvalue weighted by Gasteiger charge is -2.19. The summed E-state index contributed by atoms with van der Waals surface area (Å²) >= 11 is 0. The minimum atomic E-state index is -0.132. The Bertz CT molecular complexity index is 1070. The number of aryl methyl sites for hydroxylation is 2. The molecule has 2 N–H and O–H groups in total. The lowest BCUT2D eigenvalue weighted by Crippen LogP contribution is -2.14. The molecule has 1 aromatic carbocycles. The number of hydrogen-bond donors (Lipinski definition) is 2. The van der Waals surface area contributed by atoms with Crippen molar-refractivity contribution in [3.05, 3.63) is 63.2 Å². The lowest BCUT2D eigenvalue weighted by molar-refractivity contribution is 0.354. The SMILES string of the molecule is COc1cc(C)c(C(C)Nc2ccc(-c3nc(C)c(C)c(=O)[nH]3)cn2)cc1OC. The summed E-state index contributed by atoms with van der Waals surface area (Å²) in [6.45, 7) is 7.68. The molecule has 0 spiro atoms. The van der Waals surface area contributed by atoms with Gasteiger partial charge in [-0.25, -0.2) is 9.97 Å². The predicted octanol–water partition coefficient (Wildman–Crippen LogP) is 3.95. The molecule has 2 aromatic heterocycles. The zero-order chi connectivity index (χ0) is 21.1. The second-order valence-corrected chi connectivity index (χ2v) is 6.99. The Hall–Kier alpha value is -3.35. The summed E-state index contributed by atoms with van der Waals surface area (Å²) < 4.78 is 10.8. The highest BCUT2D eigenvalue weighted by Crippen LogP contribution is 2.33. The molecule has 0 bridgehead atoms. The first-order valence-electron chi connectivity index (χ1n) is 9.37. The number of ether oxygens (including phenoxy) is 2. The number of benzene rings is 1. The molecule has 0 saturated carbocycles. The summed E-state index contributed by atoms with van der Waals surface area (Å²) in [5.41, 5.74) is 4.14. The van der Waals surface area contributed by atoms with Crippen LogP contribution in [0.2, 0.25) is 0 Å². The van der Waals surface area contributed by atoms with Crippen molar-refractivity contribution in [1.82, 2.24) is 15.0 Å². The van der Waals surface area contributed by atoms with Crippen LogP contribution in [0.15, 0.2) is 35.3 Å². The molecule has 0 radical (unpaired) electrons. The van der Waals surface area contributed by atoms with Crippen LogP contribution < -0.4 is 20.3 Å². The first kappa shape index (κ1) is 20.4. The highest BCUT2D eigenvalue weighted by Gasteiger charge is 2.14. The fourth-order valence-corrected chi connectivity index (χ4v) is 3.16. The van der Waals surface area contributed by atoms with E-state index in [4.69, 9.17) is 9.47 Å². The molecule has 0 aliphatic rings. The van der Waals surface area contributed by atoms with Crippen molar-refractivity contribution in [2.75, 3.05) is 19.5 Å². The number of anilines is 1. The minimum absolute atomic E-state index is 0.00714. The zero-order valence-corrected chi connectivity index (χ0v) is 17.6. The van der Waals surface area contributed by atoms with Crippen molar-refractivity contribution in [2.45, 2.75) is 33.7 Å². The van der Waals surface area contributed by atoms with Gasteiger partial charge < -0.3 is 19.8 Å². The normalized spacial score (nSPS) is 11.8. The average Bonchev–Trinajstić information content (AvgIpc) is 2.71. The Balaban J connectivity index is 1.82. The highest BCUT2D eigenvalue weighted by atomic mass is 16.5. The average molecular weight is 394 g/mol. The summed E-state index contributed by atoms with van der Waals surface area (Å²) in [6.07, 6.45) is 1.70. The van der Waals surface area contributed by atoms with E-state index in [-0.39, 0.29) is 11.6 Å². The van der Waals surface area contributed by atoms with Gasteiger partial charge in [0.2, 0.25) is 0 Å². The third-order valence-corrected chi connectivity index (χ3v) is 5.03. The summed E-state index contributed by atoms with van der Waals surface area (Å²) in [5.74, 6) is 2.63. The topological polar surface area (TPSA) is 89.1 Å². The van der Waals surface area contributed by atoms with Crippen molar-refractivity contribution < 1.29 is 9.47 Å². The monoisotopic (exact) mass is 394 g/mol. The van der Waals surface area contributed by atoms with Gasteiger partial charge in [0, 0.05) is 23.0 Å². The van der Waals surface area contributed by atoms with Crippen LogP contribution in [0.1, 0.15) is 35.3 Å². The zero-order valence-electron chi connectivity index (χ0n) is 17.6. The van der Waals surface area contributed by atoms with E-state index in [2.05, 4.69) is 27.2 Å². The van der Waals surface area contributed by atoms with Crippen LogP contribution in [-0.2, 0) is 0 Å². The number of methoxy groups -OCH3 is 2. The van der Waals surface area contributed by atoms with Crippen LogP contribution in [0.3, 0.4) is 0 Å². The van der Waals surface area contributed by atoms with Crippen molar-refractivity contribution in [2.24, 2.45) is 0 Å². The molecular weight excluding hydrogens is 368 g/mol. The second kappa shape index (κ2) is 8.34. The maximum Gasteiger partial charge on any atom is 0.254 e. The molecule has 7 nitrogen and oxygen atoms in total. The molecule has 0 amide bonds. The number of aromatic nitrogens is 3. The van der Waals surface area contributed by atoms with E-state index >= 15 is 0 Å². The van der Waals surface area contributed by atoms with E-state index in [1.54, 1.807) is 27.3 Å². The lowest BCUT2D eigenvalue weighted by atomic mass is 10.0. The summed E-state index contributed by atoms with van der Waals surface area (Å²) in [4.78, 5) is 23.7. The minimum Gasteiger partial charge on any atom is -0.493 e. The molecule has 0 saturated heterocycles. The first-order chi connectivity index (χ1) is 13.8. The van der Waals surface area contributed by atoms with Crippen molar-refractivity contribution in [3.63, 3.8) is 0 Å². The van der Waals surface area contributed by atoms with Crippen LogP contribution in [0, 0.1) is 20.8 Å². The Labute approximate surface area is 170 Å². The Morgan fingerprint density at radius 2 is 1.76 bits per heavy atom. The molecule has 7 heteroatoms. The van der Waals surface area contributed by atoms with Gasteiger partial charge in [-0.1, -0.05) is 0 Å². The molecule has 0 aliphatic carbocycles. The molecule has 2 heterocycles. The third-order valence-electron chi connectivity index (χ3n) is 5.03. The van der Waals surface area contributed by atoms with Gasteiger partial charge in [0.05, 0.1) is 20.3 Å². The van der Waals surface area contributed by atoms with E-state index in [1.165, 1.54) is 0 Å². The number of nitrogens with one attached hydrogen (secondary N) is 2. The van der Waals surface area contributed by atoms with Gasteiger partial charge in [-0.3, -0.25) is 4.79 Å². The number of aromatic amines is 1. The summed E-state index contributed by atoms with van der Waals surface area (Å²) in [5, 5.41) is 3.40. The maximum absolute atomic E-state index is 12.0. The predicted molar refractivity (Wildman–Crippen MR) is 114 cm³/mol. The van der Waals surface area contributed by atoms with E-state index in [1.807, 2.05) is 38.1 Å². The van der Waals surface area contributed by atoms with Crippen LogP contribution in [-0.4, -0.2) is 29.2 Å². The fraction of sp³-hybridized carbons (Fsp3) is 0.318. The van der Waals surface area contributed by atoms with Gasteiger partial charge >= 0.3 is 0 Å². The van der Waals surface area contributed by atoms with Gasteiger partial charge in [0.1, 0.15) is 11.6 Å². The first-order valence-corrected chi connectivity index (χ1v) is 9.37. The highest BCUT2D eigenvalue weighted by molar-refractivity contribution is 5.57. The third kappa shape index (κ3) is 4.23. The molecule has 1 atom stereocenters. The van der Waals surface area contributed by atoms with E-state index in [0.717, 1.165) is 22.5 Å². The Morgan fingerprint density at radius 3 is 2.34 bits per heavy atom. The molecule has 0 fully saturated rings. The van der Waals surface area contributed by atoms with E-state index < -0.39 is 0 Å². The summed E-state index contributed by atoms with van der Waals surface area (Å²) in [6, 6.07) is 7.70. The molecule has 3 rings (SSSR count). The fourth-order valence-electron chi connectivity index (χ4n) is 3.16. The number of pyridine rings is 1. The molecule has 29 heavy (non-hydrogen) atoms. The van der Waals surface area contributed by atoms with Crippen molar-refractivity contribution >= 4 is 5.82 Å². The standard InChI is InChI=1S/C22H26N4O3/c1-12-9-18(28-5)19(29-6)10-17(12)15(4)24-20-8-7-16(11-23-20)21-25-14(3)13(2)22(27)26-21/h7-11,15H,1-6H3,(H,23,24)(H,25,26,27). The number of rotatable bonds is 6.